The largest absolute Gasteiger partial charge is 0.480 e. The number of para-hydroxylation sites is 1. The van der Waals surface area contributed by atoms with Crippen LogP contribution in [-0.4, -0.2) is 84.2 Å². The molecule has 0 radical (unpaired) electrons. The molecule has 308 valence electrons. The number of thiazole rings is 1. The molecule has 2 aromatic heterocycles. The number of rotatable bonds is 12. The van der Waals surface area contributed by atoms with Crippen molar-refractivity contribution in [2.45, 2.75) is 98.4 Å². The Kier molecular flexibility index (Phi) is 10.1. The van der Waals surface area contributed by atoms with Gasteiger partial charge in [0.2, 0.25) is 5.13 Å². The molecule has 5 fully saturated rings. The van der Waals surface area contributed by atoms with Crippen molar-refractivity contribution in [3.63, 3.8) is 0 Å². The highest BCUT2D eigenvalue weighted by Crippen LogP contribution is 2.75. The van der Waals surface area contributed by atoms with Gasteiger partial charge in [0.25, 0.3) is 5.95 Å². The van der Waals surface area contributed by atoms with Crippen LogP contribution in [0.15, 0.2) is 76.2 Å². The van der Waals surface area contributed by atoms with Crippen LogP contribution in [0, 0.1) is 34.0 Å². The van der Waals surface area contributed by atoms with Gasteiger partial charge >= 0.3 is 5.97 Å². The van der Waals surface area contributed by atoms with E-state index >= 15 is 0 Å². The predicted molar refractivity (Wildman–Crippen MR) is 229 cm³/mol. The smallest absolute Gasteiger partial charge is 0.317 e. The Labute approximate surface area is 344 Å². The van der Waals surface area contributed by atoms with Gasteiger partial charge in [-0.3, -0.25) is 19.8 Å². The summed E-state index contributed by atoms with van der Waals surface area (Å²) < 4.78 is 3.17. The molecule has 13 nitrogen and oxygen atoms in total. The lowest BCUT2D eigenvalue weighted by Gasteiger charge is -2.70. The second-order valence-corrected chi connectivity index (χ2v) is 19.9. The number of carboxylic acid groups (broad SMARTS) is 1. The van der Waals surface area contributed by atoms with E-state index in [9.17, 15) is 25.5 Å². The van der Waals surface area contributed by atoms with E-state index in [4.69, 9.17) is 10.8 Å². The molecule has 0 spiro atoms. The van der Waals surface area contributed by atoms with Crippen molar-refractivity contribution < 1.29 is 20.1 Å². The van der Waals surface area contributed by atoms with E-state index in [1.54, 1.807) is 0 Å². The SMILES string of the molecule is CC(=C1\CCCN(C2=CC=C(c3cnn(CC45CC6(C)CC(C)(CC(CCCN(C)CC(=O)O)(C6)C4)C5)c3C)C(=C(O)O)N2)C1=N)/C(N)=N\c1nc2ccccc2s1. The molecule has 4 aliphatic carbocycles. The maximum atomic E-state index is 11.3. The number of aliphatic imine (C=N–C) groups is 1. The highest BCUT2D eigenvalue weighted by Gasteiger charge is 2.65. The third-order valence-corrected chi connectivity index (χ3v) is 14.4. The number of amidine groups is 2. The fraction of sp³-hybridized carbons (Fsp3) is 0.523. The molecular formula is C44H57N9O4S. The number of likely N-dealkylation sites (tertiary alicyclic amines) is 1. The minimum atomic E-state index is -0.829. The number of piperidine rings is 1. The molecule has 7 N–H and O–H groups in total. The second kappa shape index (κ2) is 14.7. The number of fused-ring (bicyclic) bond motifs is 1. The van der Waals surface area contributed by atoms with Gasteiger partial charge in [-0.25, -0.2) is 9.98 Å². The maximum absolute atomic E-state index is 11.3. The van der Waals surface area contributed by atoms with Gasteiger partial charge in [0.05, 0.1) is 23.0 Å². The first-order valence-corrected chi connectivity index (χ1v) is 21.3. The van der Waals surface area contributed by atoms with Gasteiger partial charge in [0, 0.05) is 35.5 Å². The zero-order chi connectivity index (χ0) is 41.2. The Balaban J connectivity index is 1.02. The molecule has 6 aliphatic rings. The molecule has 4 saturated carbocycles. The van der Waals surface area contributed by atoms with Crippen molar-refractivity contribution in [1.82, 2.24) is 29.9 Å². The van der Waals surface area contributed by atoms with Gasteiger partial charge in [0.15, 0.2) is 0 Å². The Hall–Kier alpha value is -4.95. The zero-order valence-corrected chi connectivity index (χ0v) is 35.2. The van der Waals surface area contributed by atoms with Gasteiger partial charge in [-0.2, -0.15) is 5.10 Å². The predicted octanol–water partition coefficient (Wildman–Crippen LogP) is 8.16. The number of nitrogens with zero attached hydrogens (tertiary/aromatic N) is 6. The quantitative estimate of drug-likeness (QED) is 0.0592. The zero-order valence-electron chi connectivity index (χ0n) is 34.4. The summed E-state index contributed by atoms with van der Waals surface area (Å²) in [6, 6.07) is 7.86. The Morgan fingerprint density at radius 2 is 1.79 bits per heavy atom. The third kappa shape index (κ3) is 7.56. The van der Waals surface area contributed by atoms with Crippen LogP contribution in [0.1, 0.15) is 96.2 Å². The van der Waals surface area contributed by atoms with Crippen molar-refractivity contribution in [3.05, 3.63) is 82.5 Å². The third-order valence-electron chi connectivity index (χ3n) is 13.5. The number of nitrogens with one attached hydrogen (secondary N) is 2. The molecule has 1 aromatic carbocycles. The lowest BCUT2D eigenvalue weighted by atomic mass is 9.35. The van der Waals surface area contributed by atoms with E-state index in [0.717, 1.165) is 71.4 Å². The van der Waals surface area contributed by atoms with E-state index in [-0.39, 0.29) is 39.7 Å². The van der Waals surface area contributed by atoms with E-state index in [1.807, 2.05) is 66.4 Å². The lowest BCUT2D eigenvalue weighted by molar-refractivity contribution is -0.198. The van der Waals surface area contributed by atoms with Gasteiger partial charge in [-0.15, -0.1) is 0 Å². The number of hydrogen-bond acceptors (Lipinski definition) is 10. The molecule has 9 rings (SSSR count). The van der Waals surface area contributed by atoms with Gasteiger partial charge in [-0.1, -0.05) is 37.3 Å². The van der Waals surface area contributed by atoms with E-state index < -0.39 is 11.9 Å². The monoisotopic (exact) mass is 807 g/mol. The standard InChI is InChI=1S/C44H57N9O4S/c1-27(37(45)50-40-48-32-11-6-7-12-33(32)58-40)29-10-8-17-52(38(29)46)34-14-13-30(36(49-34)39(56)57)31-18-47-53(28(31)2)26-44-23-41(3)20-42(4,24-44)22-43(21-41,25-44)15-9-16-51(5)19-35(54)55/h6-7,11-14,18,46,49,56-57H,8-10,15-17,19-26H2,1-5H3,(H,54,55)(H2,45,48,50)/b29-27-,46-38?. The summed E-state index contributed by atoms with van der Waals surface area (Å²) in [6.45, 7) is 11.2. The van der Waals surface area contributed by atoms with Crippen molar-refractivity contribution >= 4 is 49.9 Å². The average Bonchev–Trinajstić information content (AvgIpc) is 3.70. The van der Waals surface area contributed by atoms with Crippen LogP contribution < -0.4 is 11.1 Å². The minimum absolute atomic E-state index is 0.0690. The number of benzene rings is 1. The Bertz CT molecular complexity index is 2280. The number of aliphatic hydroxyl groups is 2. The number of carbonyl (C=O) groups is 1. The van der Waals surface area contributed by atoms with Crippen LogP contribution in [0.2, 0.25) is 0 Å². The Morgan fingerprint density at radius 1 is 1.07 bits per heavy atom. The molecule has 2 aliphatic heterocycles. The molecule has 4 bridgehead atoms. The summed E-state index contributed by atoms with van der Waals surface area (Å²) in [5.74, 6) is -0.444. The summed E-state index contributed by atoms with van der Waals surface area (Å²) in [5, 5.41) is 48.6. The van der Waals surface area contributed by atoms with Crippen molar-refractivity contribution in [2.24, 2.45) is 32.4 Å². The molecule has 14 heteroatoms. The topological polar surface area (TPSA) is 189 Å². The fourth-order valence-electron chi connectivity index (χ4n) is 12.6. The van der Waals surface area contributed by atoms with Crippen molar-refractivity contribution in [3.8, 4) is 0 Å². The van der Waals surface area contributed by atoms with E-state index in [1.165, 1.54) is 43.4 Å². The first-order valence-electron chi connectivity index (χ1n) is 20.5. The molecule has 3 aromatic rings. The van der Waals surface area contributed by atoms with Gasteiger partial charge in [-0.05, 0) is 143 Å². The Morgan fingerprint density at radius 3 is 2.50 bits per heavy atom. The molecule has 0 amide bonds. The van der Waals surface area contributed by atoms with Crippen LogP contribution in [0.3, 0.4) is 0 Å². The van der Waals surface area contributed by atoms with Crippen molar-refractivity contribution in [1.29, 1.82) is 5.41 Å². The highest BCUT2D eigenvalue weighted by atomic mass is 32.1. The highest BCUT2D eigenvalue weighted by molar-refractivity contribution is 7.22. The number of allylic oxidation sites excluding steroid dienone is 3. The average molecular weight is 808 g/mol. The molecule has 2 atom stereocenters. The maximum Gasteiger partial charge on any atom is 0.317 e. The number of likely N-dealkylation sites (N-methyl/N-ethyl adjacent to an activating group) is 1. The summed E-state index contributed by atoms with van der Waals surface area (Å²) in [4.78, 5) is 24.2. The summed E-state index contributed by atoms with van der Waals surface area (Å²) in [5.41, 5.74) is 12.3. The number of aliphatic carboxylic acids is 1. The summed E-state index contributed by atoms with van der Waals surface area (Å²) in [6.07, 6.45) is 16.4. The van der Waals surface area contributed by atoms with Gasteiger partial charge in [0.1, 0.15) is 23.2 Å². The number of aliphatic hydroxyl groups excluding tert-OH is 1. The lowest BCUT2D eigenvalue weighted by Crippen LogP contribution is -2.60. The van der Waals surface area contributed by atoms with Crippen LogP contribution in [0.5, 0.6) is 0 Å². The van der Waals surface area contributed by atoms with Crippen LogP contribution in [0.25, 0.3) is 15.8 Å². The number of hydrogen-bond donors (Lipinski definition) is 6. The van der Waals surface area contributed by atoms with E-state index in [0.29, 0.717) is 35.3 Å². The van der Waals surface area contributed by atoms with Crippen LogP contribution in [-0.2, 0) is 11.3 Å². The summed E-state index contributed by atoms with van der Waals surface area (Å²) in [7, 11) is 1.90. The molecule has 4 heterocycles. The molecule has 1 saturated heterocycles. The minimum Gasteiger partial charge on any atom is -0.480 e. The number of carboxylic acids is 1. The number of nitrogens with two attached hydrogens (primary N) is 1. The van der Waals surface area contributed by atoms with Crippen LogP contribution in [0.4, 0.5) is 5.13 Å². The van der Waals surface area contributed by atoms with Gasteiger partial charge < -0.3 is 31.3 Å². The molecule has 58 heavy (non-hydrogen) atoms. The summed E-state index contributed by atoms with van der Waals surface area (Å²) >= 11 is 1.47. The molecule has 2 unspecified atom stereocenters. The van der Waals surface area contributed by atoms with E-state index in [2.05, 4.69) is 40.7 Å². The first kappa shape index (κ1) is 39.9. The molecular weight excluding hydrogens is 751 g/mol. The normalized spacial score (nSPS) is 29.2. The number of aromatic nitrogens is 3. The number of dihydropyridines is 1. The first-order chi connectivity index (χ1) is 27.5. The second-order valence-electron chi connectivity index (χ2n) is 18.8. The fourth-order valence-corrected chi connectivity index (χ4v) is 13.4. The van der Waals surface area contributed by atoms with Crippen LogP contribution >= 0.6 is 11.3 Å². The van der Waals surface area contributed by atoms with Crippen molar-refractivity contribution in [2.75, 3.05) is 26.7 Å².